The minimum atomic E-state index is 0.353. The van der Waals surface area contributed by atoms with E-state index in [0.717, 1.165) is 5.82 Å². The Hall–Kier alpha value is -1.39. The lowest BCUT2D eigenvalue weighted by Crippen LogP contribution is -2.31. The quantitative estimate of drug-likeness (QED) is 0.592. The second-order valence-electron chi connectivity index (χ2n) is 5.83. The van der Waals surface area contributed by atoms with Crippen LogP contribution in [0.25, 0.3) is 0 Å². The number of rotatable bonds is 5. The standard InChI is InChI=1S/C14H25N5/c1-11(2)18(12(3)4)17-16-14-9-10-15-19(14)13-7-5-6-8-13/h9-13H,5-8H2,1-4H3/b17-16+. The van der Waals surface area contributed by atoms with Gasteiger partial charge in [0.25, 0.3) is 0 Å². The van der Waals surface area contributed by atoms with Crippen LogP contribution < -0.4 is 0 Å². The highest BCUT2D eigenvalue weighted by atomic mass is 15.6. The molecule has 106 valence electrons. The third kappa shape index (κ3) is 3.33. The second kappa shape index (κ2) is 6.17. The van der Waals surface area contributed by atoms with Crippen LogP contribution in [0.4, 0.5) is 5.82 Å². The predicted octanol–water partition coefficient (Wildman–Crippen LogP) is 4.12. The van der Waals surface area contributed by atoms with Gasteiger partial charge in [0, 0.05) is 18.2 Å². The van der Waals surface area contributed by atoms with Crippen molar-refractivity contribution < 1.29 is 0 Å². The van der Waals surface area contributed by atoms with Crippen molar-refractivity contribution in [2.75, 3.05) is 0 Å². The Kier molecular flexibility index (Phi) is 4.56. The van der Waals surface area contributed by atoms with Crippen molar-refractivity contribution >= 4 is 5.82 Å². The Balaban J connectivity index is 2.12. The summed E-state index contributed by atoms with van der Waals surface area (Å²) in [6.07, 6.45) is 6.84. The zero-order valence-electron chi connectivity index (χ0n) is 12.5. The van der Waals surface area contributed by atoms with Crippen molar-refractivity contribution in [3.05, 3.63) is 12.3 Å². The van der Waals surface area contributed by atoms with Crippen molar-refractivity contribution in [1.29, 1.82) is 0 Å². The summed E-state index contributed by atoms with van der Waals surface area (Å²) in [6.45, 7) is 8.53. The third-order valence-electron chi connectivity index (χ3n) is 3.63. The van der Waals surface area contributed by atoms with Crippen LogP contribution in [0.2, 0.25) is 0 Å². The first-order chi connectivity index (χ1) is 9.09. The first-order valence-corrected chi connectivity index (χ1v) is 7.33. The fourth-order valence-corrected chi connectivity index (χ4v) is 2.72. The van der Waals surface area contributed by atoms with Gasteiger partial charge in [0.05, 0.1) is 12.2 Å². The van der Waals surface area contributed by atoms with Gasteiger partial charge < -0.3 is 0 Å². The Bertz CT molecular complexity index is 407. The molecular weight excluding hydrogens is 238 g/mol. The molecular formula is C14H25N5. The van der Waals surface area contributed by atoms with Crippen LogP contribution in [0.5, 0.6) is 0 Å². The molecule has 0 N–H and O–H groups in total. The zero-order valence-corrected chi connectivity index (χ0v) is 12.5. The molecule has 5 heteroatoms. The molecule has 1 aromatic heterocycles. The summed E-state index contributed by atoms with van der Waals surface area (Å²) in [5, 5.41) is 15.2. The van der Waals surface area contributed by atoms with Crippen molar-refractivity contribution in [3.63, 3.8) is 0 Å². The summed E-state index contributed by atoms with van der Waals surface area (Å²) in [6, 6.07) is 3.16. The lowest BCUT2D eigenvalue weighted by atomic mass is 10.2. The van der Waals surface area contributed by atoms with Gasteiger partial charge in [-0.2, -0.15) is 5.10 Å². The van der Waals surface area contributed by atoms with Gasteiger partial charge in [-0.15, -0.1) is 5.11 Å². The largest absolute Gasteiger partial charge is 0.273 e. The maximum atomic E-state index is 4.41. The van der Waals surface area contributed by atoms with Gasteiger partial charge >= 0.3 is 0 Å². The van der Waals surface area contributed by atoms with E-state index in [1.165, 1.54) is 25.7 Å². The summed E-state index contributed by atoms with van der Waals surface area (Å²) in [5.74, 6) is 0.873. The van der Waals surface area contributed by atoms with E-state index in [2.05, 4.69) is 43.1 Å². The van der Waals surface area contributed by atoms with Crippen LogP contribution >= 0.6 is 0 Å². The highest BCUT2D eigenvalue weighted by Gasteiger charge is 2.20. The average molecular weight is 263 g/mol. The summed E-state index contributed by atoms with van der Waals surface area (Å²) in [5.41, 5.74) is 0. The molecule has 0 atom stereocenters. The zero-order chi connectivity index (χ0) is 13.8. The normalized spacial score (nSPS) is 17.2. The monoisotopic (exact) mass is 263 g/mol. The van der Waals surface area contributed by atoms with E-state index >= 15 is 0 Å². The Morgan fingerprint density at radius 1 is 1.21 bits per heavy atom. The van der Waals surface area contributed by atoms with Crippen LogP contribution in [0, 0.1) is 0 Å². The van der Waals surface area contributed by atoms with Gasteiger partial charge in [0.1, 0.15) is 0 Å². The molecule has 1 aliphatic rings. The molecule has 19 heavy (non-hydrogen) atoms. The summed E-state index contributed by atoms with van der Waals surface area (Å²) in [4.78, 5) is 0. The Morgan fingerprint density at radius 3 is 2.42 bits per heavy atom. The molecule has 1 heterocycles. The van der Waals surface area contributed by atoms with E-state index in [-0.39, 0.29) is 0 Å². The number of hydrogen-bond donors (Lipinski definition) is 0. The maximum absolute atomic E-state index is 4.41. The molecule has 1 fully saturated rings. The van der Waals surface area contributed by atoms with Crippen LogP contribution in [-0.4, -0.2) is 26.9 Å². The number of aromatic nitrogens is 2. The maximum Gasteiger partial charge on any atom is 0.174 e. The van der Waals surface area contributed by atoms with Crippen LogP contribution in [0.15, 0.2) is 22.6 Å². The van der Waals surface area contributed by atoms with E-state index in [1.54, 1.807) is 0 Å². The molecule has 0 radical (unpaired) electrons. The molecule has 0 spiro atoms. The molecule has 0 aromatic carbocycles. The molecule has 1 saturated carbocycles. The van der Waals surface area contributed by atoms with Gasteiger partial charge in [-0.1, -0.05) is 18.1 Å². The Morgan fingerprint density at radius 2 is 1.84 bits per heavy atom. The number of hydrogen-bond acceptors (Lipinski definition) is 3. The molecule has 0 amide bonds. The minimum Gasteiger partial charge on any atom is -0.273 e. The van der Waals surface area contributed by atoms with E-state index in [1.807, 2.05) is 22.0 Å². The minimum absolute atomic E-state index is 0.353. The molecule has 1 aromatic rings. The lowest BCUT2D eigenvalue weighted by molar-refractivity contribution is 0.169. The molecule has 0 aliphatic heterocycles. The molecule has 2 rings (SSSR count). The third-order valence-corrected chi connectivity index (χ3v) is 3.63. The van der Waals surface area contributed by atoms with E-state index in [4.69, 9.17) is 0 Å². The van der Waals surface area contributed by atoms with E-state index in [0.29, 0.717) is 18.1 Å². The summed E-state index contributed by atoms with van der Waals surface area (Å²) < 4.78 is 2.04. The molecule has 1 aliphatic carbocycles. The average Bonchev–Trinajstić information content (AvgIpc) is 2.97. The summed E-state index contributed by atoms with van der Waals surface area (Å²) in [7, 11) is 0. The highest BCUT2D eigenvalue weighted by Crippen LogP contribution is 2.32. The van der Waals surface area contributed by atoms with Crippen molar-refractivity contribution in [2.45, 2.75) is 71.5 Å². The first-order valence-electron chi connectivity index (χ1n) is 7.33. The predicted molar refractivity (Wildman–Crippen MR) is 76.4 cm³/mol. The fourth-order valence-electron chi connectivity index (χ4n) is 2.72. The van der Waals surface area contributed by atoms with Gasteiger partial charge in [-0.05, 0) is 40.5 Å². The summed E-state index contributed by atoms with van der Waals surface area (Å²) >= 11 is 0. The van der Waals surface area contributed by atoms with Gasteiger partial charge in [-0.3, -0.25) is 5.01 Å². The molecule has 0 unspecified atom stereocenters. The molecule has 0 bridgehead atoms. The lowest BCUT2D eigenvalue weighted by Gasteiger charge is -2.25. The van der Waals surface area contributed by atoms with E-state index < -0.39 is 0 Å². The fraction of sp³-hybridized carbons (Fsp3) is 0.786. The topological polar surface area (TPSA) is 45.8 Å². The highest BCUT2D eigenvalue weighted by molar-refractivity contribution is 5.25. The van der Waals surface area contributed by atoms with Gasteiger partial charge in [0.15, 0.2) is 5.82 Å². The van der Waals surface area contributed by atoms with Crippen molar-refractivity contribution in [3.8, 4) is 0 Å². The smallest absolute Gasteiger partial charge is 0.174 e. The van der Waals surface area contributed by atoms with E-state index in [9.17, 15) is 0 Å². The van der Waals surface area contributed by atoms with Crippen molar-refractivity contribution in [1.82, 2.24) is 14.8 Å². The van der Waals surface area contributed by atoms with Crippen LogP contribution in [0.3, 0.4) is 0 Å². The number of nitrogens with zero attached hydrogens (tertiary/aromatic N) is 5. The Labute approximate surface area is 115 Å². The van der Waals surface area contributed by atoms with Crippen LogP contribution in [0.1, 0.15) is 59.4 Å². The molecule has 0 saturated heterocycles. The SMILES string of the molecule is CC(C)N(/N=N/c1ccnn1C1CCCC1)C(C)C. The first kappa shape index (κ1) is 14.0. The van der Waals surface area contributed by atoms with Gasteiger partial charge in [-0.25, -0.2) is 4.68 Å². The van der Waals surface area contributed by atoms with Crippen LogP contribution in [-0.2, 0) is 0 Å². The van der Waals surface area contributed by atoms with Crippen molar-refractivity contribution in [2.24, 2.45) is 10.3 Å². The second-order valence-corrected chi connectivity index (χ2v) is 5.83. The van der Waals surface area contributed by atoms with Gasteiger partial charge in [0.2, 0.25) is 0 Å². The molecule has 5 nitrogen and oxygen atoms in total.